The number of alkyl halides is 3. The molecule has 2 unspecified atom stereocenters. The molecule has 2 atom stereocenters. The molecule has 23 heavy (non-hydrogen) atoms. The number of ether oxygens (including phenoxy) is 1. The van der Waals surface area contributed by atoms with Crippen molar-refractivity contribution in [3.8, 4) is 0 Å². The van der Waals surface area contributed by atoms with Crippen LogP contribution in [0.1, 0.15) is 51.4 Å². The molecule has 2 fully saturated rings. The Morgan fingerprint density at radius 3 is 2.26 bits per heavy atom. The Balaban J connectivity index is 1.78. The van der Waals surface area contributed by atoms with E-state index in [1.54, 1.807) is 4.90 Å². The van der Waals surface area contributed by atoms with Crippen LogP contribution >= 0.6 is 0 Å². The molecular weight excluding hydrogens is 311 g/mol. The molecule has 0 aromatic heterocycles. The topological polar surface area (TPSA) is 46.6 Å². The van der Waals surface area contributed by atoms with Gasteiger partial charge in [-0.05, 0) is 32.1 Å². The lowest BCUT2D eigenvalue weighted by Crippen LogP contribution is -2.37. The van der Waals surface area contributed by atoms with Gasteiger partial charge in [0.25, 0.3) is 5.91 Å². The lowest BCUT2D eigenvalue weighted by Gasteiger charge is -2.29. The third-order valence-corrected chi connectivity index (χ3v) is 4.77. The van der Waals surface area contributed by atoms with Gasteiger partial charge in [-0.2, -0.15) is 13.2 Å². The van der Waals surface area contributed by atoms with E-state index in [0.717, 1.165) is 25.7 Å². The summed E-state index contributed by atoms with van der Waals surface area (Å²) in [5.74, 6) is -3.09. The summed E-state index contributed by atoms with van der Waals surface area (Å²) in [6.07, 6.45) is 0.411. The van der Waals surface area contributed by atoms with Gasteiger partial charge in [-0.15, -0.1) is 0 Å². The highest BCUT2D eigenvalue weighted by Crippen LogP contribution is 2.40. The third kappa shape index (κ3) is 5.39. The van der Waals surface area contributed by atoms with Crippen LogP contribution in [0.4, 0.5) is 13.2 Å². The zero-order valence-corrected chi connectivity index (χ0v) is 13.2. The minimum absolute atomic E-state index is 0.0694. The Hall–Kier alpha value is -1.27. The Labute approximate surface area is 134 Å². The average Bonchev–Trinajstić information content (AvgIpc) is 2.81. The Bertz CT molecular complexity index is 417. The van der Waals surface area contributed by atoms with E-state index in [1.807, 2.05) is 0 Å². The van der Waals surface area contributed by atoms with Crippen molar-refractivity contribution in [2.24, 2.45) is 11.8 Å². The summed E-state index contributed by atoms with van der Waals surface area (Å²) in [6.45, 7) is 0.970. The van der Waals surface area contributed by atoms with E-state index in [4.69, 9.17) is 4.74 Å². The number of carbonyl (C=O) groups is 2. The van der Waals surface area contributed by atoms with Crippen molar-refractivity contribution < 1.29 is 27.5 Å². The number of rotatable bonds is 3. The molecule has 1 aliphatic carbocycles. The molecule has 132 valence electrons. The van der Waals surface area contributed by atoms with Crippen molar-refractivity contribution in [2.45, 2.75) is 57.5 Å². The molecule has 0 bridgehead atoms. The minimum atomic E-state index is -4.26. The first-order valence-corrected chi connectivity index (χ1v) is 8.39. The van der Waals surface area contributed by atoms with Crippen LogP contribution < -0.4 is 0 Å². The number of carbonyl (C=O) groups excluding carboxylic acids is 2. The van der Waals surface area contributed by atoms with E-state index in [9.17, 15) is 22.8 Å². The van der Waals surface area contributed by atoms with Crippen molar-refractivity contribution in [1.82, 2.24) is 4.90 Å². The summed E-state index contributed by atoms with van der Waals surface area (Å²) in [5, 5.41) is 0. The molecule has 0 N–H and O–H groups in total. The first-order chi connectivity index (χ1) is 10.9. The highest BCUT2D eigenvalue weighted by molar-refractivity contribution is 5.81. The SMILES string of the molecule is O=C(OCC(=O)N1CCCCCC1)C1CCCC(C(F)(F)F)C1. The molecule has 0 spiro atoms. The van der Waals surface area contributed by atoms with Crippen molar-refractivity contribution in [3.05, 3.63) is 0 Å². The third-order valence-electron chi connectivity index (χ3n) is 4.77. The Kier molecular flexibility index (Phi) is 6.30. The number of hydrogen-bond acceptors (Lipinski definition) is 3. The lowest BCUT2D eigenvalue weighted by atomic mass is 9.81. The summed E-state index contributed by atoms with van der Waals surface area (Å²) in [4.78, 5) is 25.7. The van der Waals surface area contributed by atoms with Crippen molar-refractivity contribution in [1.29, 1.82) is 0 Å². The molecule has 2 aliphatic rings. The quantitative estimate of drug-likeness (QED) is 0.744. The first-order valence-electron chi connectivity index (χ1n) is 8.39. The Morgan fingerprint density at radius 2 is 1.65 bits per heavy atom. The van der Waals surface area contributed by atoms with E-state index < -0.39 is 24.0 Å². The van der Waals surface area contributed by atoms with Crippen LogP contribution in [0.2, 0.25) is 0 Å². The van der Waals surface area contributed by atoms with Crippen LogP contribution in [0.25, 0.3) is 0 Å². The second-order valence-electron chi connectivity index (χ2n) is 6.50. The fourth-order valence-electron chi connectivity index (χ4n) is 3.36. The predicted octanol–water partition coefficient (Wildman–Crippen LogP) is 3.30. The molecule has 7 heteroatoms. The molecule has 1 heterocycles. The summed E-state index contributed by atoms with van der Waals surface area (Å²) in [6, 6.07) is 0. The standard InChI is InChI=1S/C16H24F3NO3/c17-16(18,19)13-7-5-6-12(10-13)15(22)23-11-14(21)20-8-3-1-2-4-9-20/h12-13H,1-11H2. The lowest BCUT2D eigenvalue weighted by molar-refractivity contribution is -0.189. The van der Waals surface area contributed by atoms with Gasteiger partial charge in [-0.1, -0.05) is 19.3 Å². The number of hydrogen-bond donors (Lipinski definition) is 0. The van der Waals surface area contributed by atoms with E-state index in [2.05, 4.69) is 0 Å². The minimum Gasteiger partial charge on any atom is -0.455 e. The number of esters is 1. The Morgan fingerprint density at radius 1 is 1.00 bits per heavy atom. The monoisotopic (exact) mass is 335 g/mol. The summed E-state index contributed by atoms with van der Waals surface area (Å²) < 4.78 is 43.3. The normalized spacial score (nSPS) is 26.5. The maximum Gasteiger partial charge on any atom is 0.391 e. The number of nitrogens with zero attached hydrogens (tertiary/aromatic N) is 1. The van der Waals surface area contributed by atoms with Crippen molar-refractivity contribution in [2.75, 3.05) is 19.7 Å². The van der Waals surface area contributed by atoms with Gasteiger partial charge in [0.15, 0.2) is 6.61 Å². The largest absolute Gasteiger partial charge is 0.455 e. The van der Waals surface area contributed by atoms with E-state index >= 15 is 0 Å². The van der Waals surface area contributed by atoms with Gasteiger partial charge < -0.3 is 9.64 Å². The zero-order valence-electron chi connectivity index (χ0n) is 13.2. The van der Waals surface area contributed by atoms with Gasteiger partial charge in [-0.25, -0.2) is 0 Å². The second kappa shape index (κ2) is 8.02. The first kappa shape index (κ1) is 18.1. The van der Waals surface area contributed by atoms with Gasteiger partial charge in [0, 0.05) is 13.1 Å². The molecule has 0 radical (unpaired) electrons. The maximum atomic E-state index is 12.8. The highest BCUT2D eigenvalue weighted by atomic mass is 19.4. The van der Waals surface area contributed by atoms with Gasteiger partial charge in [0.05, 0.1) is 11.8 Å². The molecule has 1 saturated carbocycles. The van der Waals surface area contributed by atoms with Crippen LogP contribution in [-0.4, -0.2) is 42.6 Å². The van der Waals surface area contributed by atoms with Crippen LogP contribution in [0.15, 0.2) is 0 Å². The highest BCUT2D eigenvalue weighted by Gasteiger charge is 2.44. The fraction of sp³-hybridized carbons (Fsp3) is 0.875. The predicted molar refractivity (Wildman–Crippen MR) is 77.5 cm³/mol. The molecule has 1 aliphatic heterocycles. The number of amides is 1. The molecule has 1 amide bonds. The van der Waals surface area contributed by atoms with Crippen LogP contribution in [0.5, 0.6) is 0 Å². The van der Waals surface area contributed by atoms with Gasteiger partial charge >= 0.3 is 12.1 Å². The van der Waals surface area contributed by atoms with Crippen molar-refractivity contribution in [3.63, 3.8) is 0 Å². The molecular formula is C16H24F3NO3. The molecule has 0 aromatic rings. The molecule has 0 aromatic carbocycles. The number of halogens is 3. The molecule has 4 nitrogen and oxygen atoms in total. The zero-order chi connectivity index (χ0) is 16.9. The van der Waals surface area contributed by atoms with E-state index in [-0.39, 0.29) is 25.4 Å². The molecule has 2 rings (SSSR count). The van der Waals surface area contributed by atoms with Gasteiger partial charge in [-0.3, -0.25) is 9.59 Å². The van der Waals surface area contributed by atoms with Crippen molar-refractivity contribution >= 4 is 11.9 Å². The van der Waals surface area contributed by atoms with Gasteiger partial charge in [0.1, 0.15) is 0 Å². The maximum absolute atomic E-state index is 12.8. The van der Waals surface area contributed by atoms with Crippen LogP contribution in [0, 0.1) is 11.8 Å². The number of likely N-dealkylation sites (tertiary alicyclic amines) is 1. The smallest absolute Gasteiger partial charge is 0.391 e. The average molecular weight is 335 g/mol. The summed E-state index contributed by atoms with van der Waals surface area (Å²) >= 11 is 0. The summed E-state index contributed by atoms with van der Waals surface area (Å²) in [5.41, 5.74) is 0. The van der Waals surface area contributed by atoms with E-state index in [1.165, 1.54) is 0 Å². The summed E-state index contributed by atoms with van der Waals surface area (Å²) in [7, 11) is 0. The second-order valence-corrected chi connectivity index (χ2v) is 6.50. The van der Waals surface area contributed by atoms with E-state index in [0.29, 0.717) is 25.9 Å². The fourth-order valence-corrected chi connectivity index (χ4v) is 3.36. The van der Waals surface area contributed by atoms with Gasteiger partial charge in [0.2, 0.25) is 0 Å². The van der Waals surface area contributed by atoms with Crippen LogP contribution in [0.3, 0.4) is 0 Å². The molecule has 1 saturated heterocycles. The van der Waals surface area contributed by atoms with Crippen LogP contribution in [-0.2, 0) is 14.3 Å².